The van der Waals surface area contributed by atoms with Gasteiger partial charge in [-0.15, -0.1) is 0 Å². The van der Waals surface area contributed by atoms with E-state index in [-0.39, 0.29) is 5.70 Å². The first kappa shape index (κ1) is 21.7. The molecule has 0 aliphatic carbocycles. The van der Waals surface area contributed by atoms with Gasteiger partial charge in [-0.1, -0.05) is 35.9 Å². The molecule has 0 saturated carbocycles. The van der Waals surface area contributed by atoms with Crippen LogP contribution < -0.4 is 15.0 Å². The van der Waals surface area contributed by atoms with Crippen molar-refractivity contribution in [1.29, 1.82) is 0 Å². The van der Waals surface area contributed by atoms with Gasteiger partial charge in [0.15, 0.2) is 0 Å². The Morgan fingerprint density at radius 2 is 1.59 bits per heavy atom. The van der Waals surface area contributed by atoms with Gasteiger partial charge >= 0.3 is 0 Å². The average molecular weight is 447 g/mol. The summed E-state index contributed by atoms with van der Waals surface area (Å²) in [6.45, 7) is 6.39. The van der Waals surface area contributed by atoms with Crippen molar-refractivity contribution >= 4 is 40.4 Å². The number of nitrogens with one attached hydrogen (secondary N) is 1. The van der Waals surface area contributed by atoms with Gasteiger partial charge in [0, 0.05) is 10.7 Å². The smallest absolute Gasteiger partial charge is 0.282 e. The molecule has 1 aliphatic heterocycles. The summed E-state index contributed by atoms with van der Waals surface area (Å²) in [7, 11) is 0. The highest BCUT2D eigenvalue weighted by Gasteiger charge is 2.40. The van der Waals surface area contributed by atoms with Gasteiger partial charge in [0.2, 0.25) is 0 Å². The Hall–Kier alpha value is -3.57. The van der Waals surface area contributed by atoms with E-state index in [1.165, 1.54) is 4.90 Å². The maximum atomic E-state index is 13.5. The highest BCUT2D eigenvalue weighted by atomic mass is 35.5. The van der Waals surface area contributed by atoms with Crippen molar-refractivity contribution in [2.24, 2.45) is 0 Å². The number of carbonyl (C=O) groups excluding carboxylic acids is 2. The van der Waals surface area contributed by atoms with Gasteiger partial charge in [-0.05, 0) is 79.9 Å². The second-order valence-electron chi connectivity index (χ2n) is 7.57. The van der Waals surface area contributed by atoms with Crippen LogP contribution in [-0.4, -0.2) is 18.4 Å². The molecule has 32 heavy (non-hydrogen) atoms. The van der Waals surface area contributed by atoms with Crippen molar-refractivity contribution in [2.45, 2.75) is 20.8 Å². The summed E-state index contributed by atoms with van der Waals surface area (Å²) < 4.78 is 5.52. The molecule has 4 rings (SSSR count). The van der Waals surface area contributed by atoms with Gasteiger partial charge in [0.05, 0.1) is 17.9 Å². The van der Waals surface area contributed by atoms with E-state index in [4.69, 9.17) is 16.3 Å². The summed E-state index contributed by atoms with van der Waals surface area (Å²) in [5, 5.41) is 3.77. The number of hydrogen-bond donors (Lipinski definition) is 1. The van der Waals surface area contributed by atoms with Gasteiger partial charge in [0.25, 0.3) is 11.8 Å². The lowest BCUT2D eigenvalue weighted by molar-refractivity contribution is -0.120. The molecule has 0 fully saturated rings. The van der Waals surface area contributed by atoms with Crippen LogP contribution in [0.1, 0.15) is 23.6 Å². The number of aryl methyl sites for hydroxylation is 2. The Bertz CT molecular complexity index is 1210. The summed E-state index contributed by atoms with van der Waals surface area (Å²) >= 11 is 6.00. The standard InChI is InChI=1S/C26H23ClN2O3/c1-4-32-21-13-7-18(8-14-21)23-24(28-22-15-16(2)5-6-17(22)3)26(31)29(25(23)30)20-11-9-19(27)10-12-20/h5-15,28H,4H2,1-3H3. The van der Waals surface area contributed by atoms with Crippen LogP contribution in [0.3, 0.4) is 0 Å². The van der Waals surface area contributed by atoms with Crippen LogP contribution in [0.4, 0.5) is 11.4 Å². The number of ether oxygens (including phenoxy) is 1. The van der Waals surface area contributed by atoms with E-state index >= 15 is 0 Å². The van der Waals surface area contributed by atoms with Gasteiger partial charge < -0.3 is 10.1 Å². The minimum atomic E-state index is -0.415. The molecule has 0 aromatic heterocycles. The van der Waals surface area contributed by atoms with Crippen molar-refractivity contribution < 1.29 is 14.3 Å². The molecule has 1 aliphatic rings. The van der Waals surface area contributed by atoms with E-state index in [0.717, 1.165) is 16.8 Å². The number of benzene rings is 3. The maximum Gasteiger partial charge on any atom is 0.282 e. The lowest BCUT2D eigenvalue weighted by Crippen LogP contribution is -2.32. The fourth-order valence-electron chi connectivity index (χ4n) is 3.63. The van der Waals surface area contributed by atoms with Gasteiger partial charge in [-0.2, -0.15) is 0 Å². The lowest BCUT2D eigenvalue weighted by atomic mass is 10.0. The van der Waals surface area contributed by atoms with Crippen LogP contribution in [0.5, 0.6) is 5.75 Å². The number of carbonyl (C=O) groups is 2. The largest absolute Gasteiger partial charge is 0.494 e. The normalized spacial score (nSPS) is 13.7. The summed E-state index contributed by atoms with van der Waals surface area (Å²) in [4.78, 5) is 28.2. The minimum Gasteiger partial charge on any atom is -0.494 e. The SMILES string of the molecule is CCOc1ccc(C2=C(Nc3cc(C)ccc3C)C(=O)N(c3ccc(Cl)cc3)C2=O)cc1. The van der Waals surface area contributed by atoms with Crippen molar-refractivity contribution in [3.05, 3.63) is 94.1 Å². The first-order valence-electron chi connectivity index (χ1n) is 10.3. The van der Waals surface area contributed by atoms with E-state index in [0.29, 0.717) is 34.2 Å². The number of amides is 2. The summed E-state index contributed by atoms with van der Waals surface area (Å²) in [6.07, 6.45) is 0. The number of imide groups is 1. The van der Waals surface area contributed by atoms with Crippen LogP contribution in [0.2, 0.25) is 5.02 Å². The second kappa shape index (κ2) is 8.89. The number of anilines is 2. The number of rotatable bonds is 6. The van der Waals surface area contributed by atoms with Gasteiger partial charge in [0.1, 0.15) is 11.4 Å². The van der Waals surface area contributed by atoms with Crippen molar-refractivity contribution in [1.82, 2.24) is 0 Å². The molecule has 0 unspecified atom stereocenters. The first-order chi connectivity index (χ1) is 15.4. The Labute approximate surface area is 192 Å². The molecule has 3 aromatic rings. The van der Waals surface area contributed by atoms with E-state index in [2.05, 4.69) is 5.32 Å². The Balaban J connectivity index is 1.81. The second-order valence-corrected chi connectivity index (χ2v) is 8.01. The lowest BCUT2D eigenvalue weighted by Gasteiger charge is -2.16. The highest BCUT2D eigenvalue weighted by Crippen LogP contribution is 2.35. The summed E-state index contributed by atoms with van der Waals surface area (Å²) in [5.74, 6) is -0.108. The Morgan fingerprint density at radius 3 is 2.25 bits per heavy atom. The van der Waals surface area contributed by atoms with Crippen molar-refractivity contribution in [2.75, 3.05) is 16.8 Å². The van der Waals surface area contributed by atoms with E-state index in [1.807, 2.05) is 39.0 Å². The molecule has 0 radical (unpaired) electrons. The fourth-order valence-corrected chi connectivity index (χ4v) is 3.75. The van der Waals surface area contributed by atoms with Crippen LogP contribution in [0.15, 0.2) is 72.4 Å². The third-order valence-electron chi connectivity index (χ3n) is 5.28. The molecule has 1 heterocycles. The maximum absolute atomic E-state index is 13.5. The average Bonchev–Trinajstić information content (AvgIpc) is 3.02. The van der Waals surface area contributed by atoms with Crippen LogP contribution in [0.25, 0.3) is 5.57 Å². The molecular formula is C26H23ClN2O3. The summed E-state index contributed by atoms with van der Waals surface area (Å²) in [5.41, 5.74) is 4.45. The van der Waals surface area contributed by atoms with Crippen LogP contribution >= 0.6 is 11.6 Å². The quantitative estimate of drug-likeness (QED) is 0.489. The zero-order valence-electron chi connectivity index (χ0n) is 18.1. The van der Waals surface area contributed by atoms with Crippen molar-refractivity contribution in [3.8, 4) is 5.75 Å². The predicted molar refractivity (Wildman–Crippen MR) is 128 cm³/mol. The molecule has 6 heteroatoms. The summed E-state index contributed by atoms with van der Waals surface area (Å²) in [6, 6.07) is 19.8. The molecule has 0 spiro atoms. The molecule has 0 saturated heterocycles. The molecule has 0 bridgehead atoms. The predicted octanol–water partition coefficient (Wildman–Crippen LogP) is 5.75. The fraction of sp³-hybridized carbons (Fsp3) is 0.154. The monoisotopic (exact) mass is 446 g/mol. The molecule has 0 atom stereocenters. The topological polar surface area (TPSA) is 58.6 Å². The molecule has 2 amide bonds. The molecule has 162 valence electrons. The zero-order chi connectivity index (χ0) is 22.8. The number of hydrogen-bond acceptors (Lipinski definition) is 4. The minimum absolute atomic E-state index is 0.239. The molecule has 1 N–H and O–H groups in total. The van der Waals surface area contributed by atoms with E-state index < -0.39 is 11.8 Å². The van der Waals surface area contributed by atoms with Gasteiger partial charge in [-0.25, -0.2) is 4.90 Å². The third kappa shape index (κ3) is 4.12. The van der Waals surface area contributed by atoms with Crippen molar-refractivity contribution in [3.63, 3.8) is 0 Å². The molecule has 5 nitrogen and oxygen atoms in total. The van der Waals surface area contributed by atoms with Crippen LogP contribution in [-0.2, 0) is 9.59 Å². The molecule has 3 aromatic carbocycles. The van der Waals surface area contributed by atoms with E-state index in [9.17, 15) is 9.59 Å². The third-order valence-corrected chi connectivity index (χ3v) is 5.53. The molecular weight excluding hydrogens is 424 g/mol. The number of nitrogens with zero attached hydrogens (tertiary/aromatic N) is 1. The highest BCUT2D eigenvalue weighted by molar-refractivity contribution is 6.46. The Morgan fingerprint density at radius 1 is 0.906 bits per heavy atom. The van der Waals surface area contributed by atoms with Gasteiger partial charge in [-0.3, -0.25) is 9.59 Å². The number of halogens is 1. The first-order valence-corrected chi connectivity index (χ1v) is 10.7. The van der Waals surface area contributed by atoms with Crippen LogP contribution in [0, 0.1) is 13.8 Å². The van der Waals surface area contributed by atoms with E-state index in [1.54, 1.807) is 48.5 Å². The zero-order valence-corrected chi connectivity index (χ0v) is 18.9. The Kier molecular flexibility index (Phi) is 6.01.